The number of ether oxygens (including phenoxy) is 2. The number of nitrogens with zero attached hydrogens (tertiary/aromatic N) is 3. The Balaban J connectivity index is 2.30. The maximum absolute atomic E-state index is 9.32. The first-order valence-electron chi connectivity index (χ1n) is 6.15. The van der Waals surface area contributed by atoms with Crippen molar-refractivity contribution in [2.45, 2.75) is 25.6 Å². The second-order valence-corrected chi connectivity index (χ2v) is 5.18. The number of aromatic nitrogens is 2. The number of aliphatic hydroxyl groups excluding tert-OH is 1. The van der Waals surface area contributed by atoms with Crippen LogP contribution in [0.2, 0.25) is 0 Å². The van der Waals surface area contributed by atoms with Crippen molar-refractivity contribution in [2.24, 2.45) is 0 Å². The summed E-state index contributed by atoms with van der Waals surface area (Å²) in [5.74, 6) is 0.969. The Hall–Kier alpha value is -1.60. The van der Waals surface area contributed by atoms with E-state index in [1.54, 1.807) is 0 Å². The van der Waals surface area contributed by atoms with Crippen molar-refractivity contribution in [1.82, 2.24) is 9.97 Å². The fourth-order valence-electron chi connectivity index (χ4n) is 2.34. The first-order valence-corrected chi connectivity index (χ1v) is 6.15. The highest BCUT2D eigenvalue weighted by Gasteiger charge is 2.34. The minimum atomic E-state index is -0.379. The molecule has 3 N–H and O–H groups in total. The van der Waals surface area contributed by atoms with Crippen LogP contribution in [-0.4, -0.2) is 53.6 Å². The average Bonchev–Trinajstić information content (AvgIpc) is 2.37. The highest BCUT2D eigenvalue weighted by atomic mass is 16.5. The van der Waals surface area contributed by atoms with Crippen molar-refractivity contribution in [1.29, 1.82) is 0 Å². The van der Waals surface area contributed by atoms with Gasteiger partial charge in [-0.15, -0.1) is 0 Å². The van der Waals surface area contributed by atoms with Crippen LogP contribution in [0, 0.1) is 0 Å². The van der Waals surface area contributed by atoms with Crippen molar-refractivity contribution < 1.29 is 14.6 Å². The molecule has 0 radical (unpaired) electrons. The number of morpholine rings is 1. The maximum atomic E-state index is 9.32. The molecule has 0 amide bonds. The summed E-state index contributed by atoms with van der Waals surface area (Å²) in [5.41, 5.74) is 6.03. The van der Waals surface area contributed by atoms with E-state index in [1.807, 2.05) is 18.7 Å². The van der Waals surface area contributed by atoms with Gasteiger partial charge in [0.1, 0.15) is 12.0 Å². The lowest BCUT2D eigenvalue weighted by Gasteiger charge is -2.43. The van der Waals surface area contributed by atoms with E-state index in [4.69, 9.17) is 15.2 Å². The van der Waals surface area contributed by atoms with Crippen molar-refractivity contribution in [3.05, 3.63) is 6.33 Å². The summed E-state index contributed by atoms with van der Waals surface area (Å²) in [6.45, 7) is 5.06. The Morgan fingerprint density at radius 3 is 2.95 bits per heavy atom. The second-order valence-electron chi connectivity index (χ2n) is 5.18. The molecular weight excluding hydrogens is 248 g/mol. The number of methoxy groups -OCH3 is 1. The van der Waals surface area contributed by atoms with Crippen molar-refractivity contribution in [3.8, 4) is 5.88 Å². The lowest BCUT2D eigenvalue weighted by atomic mass is 10.1. The van der Waals surface area contributed by atoms with Crippen molar-refractivity contribution >= 4 is 11.5 Å². The largest absolute Gasteiger partial charge is 0.479 e. The lowest BCUT2D eigenvalue weighted by molar-refractivity contribution is -0.101. The van der Waals surface area contributed by atoms with E-state index in [-0.39, 0.29) is 18.3 Å². The first kappa shape index (κ1) is 13.8. The highest BCUT2D eigenvalue weighted by molar-refractivity contribution is 5.68. The monoisotopic (exact) mass is 268 g/mol. The molecule has 19 heavy (non-hydrogen) atoms. The van der Waals surface area contributed by atoms with Crippen LogP contribution < -0.4 is 15.4 Å². The standard InChI is InChI=1S/C12H20N4O3/c1-12(2)6-16(4-8(5-17)19-12)10-9(13)11(18-3)15-7-14-10/h7-8,17H,4-6,13H2,1-3H3. The third-order valence-electron chi connectivity index (χ3n) is 3.00. The van der Waals surface area contributed by atoms with Gasteiger partial charge in [0.05, 0.1) is 25.4 Å². The van der Waals surface area contributed by atoms with Crippen LogP contribution in [-0.2, 0) is 4.74 Å². The molecule has 1 saturated heterocycles. The fourth-order valence-corrected chi connectivity index (χ4v) is 2.34. The molecule has 0 saturated carbocycles. The fraction of sp³-hybridized carbons (Fsp3) is 0.667. The molecule has 1 aromatic rings. The summed E-state index contributed by atoms with van der Waals surface area (Å²) < 4.78 is 10.9. The lowest BCUT2D eigenvalue weighted by Crippen LogP contribution is -2.54. The molecule has 0 bridgehead atoms. The highest BCUT2D eigenvalue weighted by Crippen LogP contribution is 2.31. The van der Waals surface area contributed by atoms with Gasteiger partial charge in [-0.3, -0.25) is 0 Å². The van der Waals surface area contributed by atoms with Gasteiger partial charge < -0.3 is 25.2 Å². The molecule has 1 unspecified atom stereocenters. The van der Waals surface area contributed by atoms with E-state index in [2.05, 4.69) is 9.97 Å². The van der Waals surface area contributed by atoms with Gasteiger partial charge in [0.15, 0.2) is 5.82 Å². The smallest absolute Gasteiger partial charge is 0.242 e. The molecular formula is C12H20N4O3. The maximum Gasteiger partial charge on any atom is 0.242 e. The van der Waals surface area contributed by atoms with Crippen LogP contribution in [0.1, 0.15) is 13.8 Å². The zero-order chi connectivity index (χ0) is 14.0. The normalized spacial score (nSPS) is 22.3. The van der Waals surface area contributed by atoms with Gasteiger partial charge in [0, 0.05) is 13.1 Å². The van der Waals surface area contributed by atoms with Gasteiger partial charge in [-0.05, 0) is 13.8 Å². The van der Waals surface area contributed by atoms with Crippen molar-refractivity contribution in [3.63, 3.8) is 0 Å². The molecule has 106 valence electrons. The molecule has 0 spiro atoms. The summed E-state index contributed by atoms with van der Waals surface area (Å²) >= 11 is 0. The van der Waals surface area contributed by atoms with Gasteiger partial charge in [-0.1, -0.05) is 0 Å². The van der Waals surface area contributed by atoms with Gasteiger partial charge in [0.2, 0.25) is 5.88 Å². The summed E-state index contributed by atoms with van der Waals surface area (Å²) in [7, 11) is 1.52. The minimum absolute atomic E-state index is 0.0396. The Bertz CT molecular complexity index is 453. The van der Waals surface area contributed by atoms with E-state index >= 15 is 0 Å². The molecule has 1 aliphatic rings. The van der Waals surface area contributed by atoms with Crippen LogP contribution in [0.15, 0.2) is 6.33 Å². The Kier molecular flexibility index (Phi) is 3.77. The molecule has 7 heteroatoms. The van der Waals surface area contributed by atoms with E-state index in [0.717, 1.165) is 0 Å². The van der Waals surface area contributed by atoms with Crippen LogP contribution >= 0.6 is 0 Å². The molecule has 1 aromatic heterocycles. The zero-order valence-corrected chi connectivity index (χ0v) is 11.5. The third-order valence-corrected chi connectivity index (χ3v) is 3.00. The van der Waals surface area contributed by atoms with E-state index in [0.29, 0.717) is 30.5 Å². The molecule has 2 rings (SSSR count). The van der Waals surface area contributed by atoms with Crippen LogP contribution in [0.5, 0.6) is 5.88 Å². The summed E-state index contributed by atoms with van der Waals surface area (Å²) in [5, 5.41) is 9.32. The number of nitrogens with two attached hydrogens (primary N) is 1. The quantitative estimate of drug-likeness (QED) is 0.799. The number of nitrogen functional groups attached to an aromatic ring is 1. The van der Waals surface area contributed by atoms with E-state index < -0.39 is 0 Å². The first-order chi connectivity index (χ1) is 8.96. The molecule has 7 nitrogen and oxygen atoms in total. The molecule has 1 fully saturated rings. The molecule has 0 aliphatic carbocycles. The molecule has 1 aliphatic heterocycles. The number of rotatable bonds is 3. The van der Waals surface area contributed by atoms with Gasteiger partial charge in [-0.25, -0.2) is 4.98 Å². The van der Waals surface area contributed by atoms with Crippen LogP contribution in [0.25, 0.3) is 0 Å². The Morgan fingerprint density at radius 2 is 2.32 bits per heavy atom. The second kappa shape index (κ2) is 5.18. The number of hydrogen-bond donors (Lipinski definition) is 2. The average molecular weight is 268 g/mol. The topological polar surface area (TPSA) is 93.7 Å². The molecule has 1 atom stereocenters. The van der Waals surface area contributed by atoms with Gasteiger partial charge in [-0.2, -0.15) is 4.98 Å². The summed E-state index contributed by atoms with van der Waals surface area (Å²) in [6.07, 6.45) is 1.16. The summed E-state index contributed by atoms with van der Waals surface area (Å²) in [4.78, 5) is 10.2. The Morgan fingerprint density at radius 1 is 1.58 bits per heavy atom. The summed E-state index contributed by atoms with van der Waals surface area (Å²) in [6, 6.07) is 0. The third kappa shape index (κ3) is 2.87. The minimum Gasteiger partial charge on any atom is -0.479 e. The van der Waals surface area contributed by atoms with Crippen molar-refractivity contribution in [2.75, 3.05) is 37.4 Å². The Labute approximate surface area is 112 Å². The molecule has 0 aromatic carbocycles. The number of hydrogen-bond acceptors (Lipinski definition) is 7. The number of anilines is 2. The van der Waals surface area contributed by atoms with E-state index in [9.17, 15) is 5.11 Å². The SMILES string of the molecule is COc1ncnc(N2CC(CO)OC(C)(C)C2)c1N. The number of aliphatic hydroxyl groups is 1. The van der Waals surface area contributed by atoms with Gasteiger partial charge >= 0.3 is 0 Å². The molecule has 2 heterocycles. The zero-order valence-electron chi connectivity index (χ0n) is 11.5. The van der Waals surface area contributed by atoms with Crippen LogP contribution in [0.3, 0.4) is 0 Å². The predicted molar refractivity (Wildman–Crippen MR) is 71.2 cm³/mol. The van der Waals surface area contributed by atoms with E-state index in [1.165, 1.54) is 13.4 Å². The van der Waals surface area contributed by atoms with Gasteiger partial charge in [0.25, 0.3) is 0 Å². The predicted octanol–water partition coefficient (Wildman–Crippen LogP) is 0.0435. The van der Waals surface area contributed by atoms with Crippen LogP contribution in [0.4, 0.5) is 11.5 Å².